The van der Waals surface area contributed by atoms with Gasteiger partial charge in [-0.2, -0.15) is 0 Å². The summed E-state index contributed by atoms with van der Waals surface area (Å²) < 4.78 is 5.75. The molecule has 0 aromatic carbocycles. The molecule has 0 saturated carbocycles. The Kier molecular flexibility index (Phi) is 4.84. The molecule has 2 atom stereocenters. The van der Waals surface area contributed by atoms with Crippen molar-refractivity contribution in [3.63, 3.8) is 0 Å². The van der Waals surface area contributed by atoms with Crippen LogP contribution in [0.15, 0.2) is 0 Å². The van der Waals surface area contributed by atoms with E-state index in [9.17, 15) is 0 Å². The molecule has 2 aliphatic rings. The lowest BCUT2D eigenvalue weighted by Gasteiger charge is -2.37. The molecule has 2 aliphatic heterocycles. The van der Waals surface area contributed by atoms with Crippen LogP contribution < -0.4 is 5.32 Å². The van der Waals surface area contributed by atoms with Crippen molar-refractivity contribution >= 4 is 12.4 Å². The average molecular weight is 235 g/mol. The van der Waals surface area contributed by atoms with Gasteiger partial charge in [0.15, 0.2) is 0 Å². The number of rotatable bonds is 2. The molecule has 1 N–H and O–H groups in total. The second-order valence-electron chi connectivity index (χ2n) is 4.84. The molecule has 0 spiro atoms. The van der Waals surface area contributed by atoms with Crippen molar-refractivity contribution in [3.05, 3.63) is 0 Å². The summed E-state index contributed by atoms with van der Waals surface area (Å²) in [6, 6.07) is 0.708. The Morgan fingerprint density at radius 1 is 1.47 bits per heavy atom. The van der Waals surface area contributed by atoms with Crippen LogP contribution in [0.3, 0.4) is 0 Å². The van der Waals surface area contributed by atoms with Gasteiger partial charge in [0, 0.05) is 19.0 Å². The van der Waals surface area contributed by atoms with Crippen LogP contribution in [0.2, 0.25) is 0 Å². The lowest BCUT2D eigenvalue weighted by atomic mass is 9.95. The third-order valence-corrected chi connectivity index (χ3v) is 3.57. The first-order chi connectivity index (χ1) is 6.70. The SMILES string of the molecule is CN1CCCCC1CC1(C)NCCO1.Cl. The number of likely N-dealkylation sites (tertiary alicyclic amines) is 1. The molecule has 4 heteroatoms. The third-order valence-electron chi connectivity index (χ3n) is 3.57. The van der Waals surface area contributed by atoms with Crippen molar-refractivity contribution < 1.29 is 4.74 Å². The van der Waals surface area contributed by atoms with Gasteiger partial charge in [0.2, 0.25) is 0 Å². The molecular weight excluding hydrogens is 212 g/mol. The molecule has 0 bridgehead atoms. The van der Waals surface area contributed by atoms with E-state index in [1.54, 1.807) is 0 Å². The van der Waals surface area contributed by atoms with E-state index in [1.807, 2.05) is 0 Å². The minimum absolute atomic E-state index is 0. The van der Waals surface area contributed by atoms with Crippen molar-refractivity contribution in [2.24, 2.45) is 0 Å². The summed E-state index contributed by atoms with van der Waals surface area (Å²) >= 11 is 0. The second kappa shape index (κ2) is 5.48. The van der Waals surface area contributed by atoms with Gasteiger partial charge in [-0.05, 0) is 33.4 Å². The first kappa shape index (κ1) is 13.2. The van der Waals surface area contributed by atoms with Crippen LogP contribution in [-0.4, -0.2) is 43.4 Å². The van der Waals surface area contributed by atoms with E-state index in [4.69, 9.17) is 4.74 Å². The fourth-order valence-corrected chi connectivity index (χ4v) is 2.63. The predicted molar refractivity (Wildman–Crippen MR) is 64.5 cm³/mol. The van der Waals surface area contributed by atoms with E-state index in [0.29, 0.717) is 6.04 Å². The zero-order valence-corrected chi connectivity index (χ0v) is 10.6. The zero-order chi connectivity index (χ0) is 10.0. The smallest absolute Gasteiger partial charge is 0.118 e. The number of ether oxygens (including phenoxy) is 1. The van der Waals surface area contributed by atoms with Gasteiger partial charge in [0.1, 0.15) is 5.72 Å². The Labute approximate surface area is 99.0 Å². The topological polar surface area (TPSA) is 24.5 Å². The number of halogens is 1. The summed E-state index contributed by atoms with van der Waals surface area (Å²) in [7, 11) is 2.24. The maximum absolute atomic E-state index is 5.75. The molecule has 90 valence electrons. The van der Waals surface area contributed by atoms with Crippen molar-refractivity contribution in [2.75, 3.05) is 26.7 Å². The summed E-state index contributed by atoms with van der Waals surface area (Å²) in [6.07, 6.45) is 5.20. The Balaban J connectivity index is 0.00000112. The number of nitrogens with one attached hydrogen (secondary N) is 1. The van der Waals surface area contributed by atoms with E-state index in [2.05, 4.69) is 24.2 Å². The van der Waals surface area contributed by atoms with Crippen molar-refractivity contribution in [1.29, 1.82) is 0 Å². The highest BCUT2D eigenvalue weighted by Gasteiger charge is 2.34. The summed E-state index contributed by atoms with van der Waals surface area (Å²) in [4.78, 5) is 2.48. The molecule has 2 heterocycles. The molecule has 0 aromatic rings. The second-order valence-corrected chi connectivity index (χ2v) is 4.84. The number of nitrogens with zero attached hydrogens (tertiary/aromatic N) is 1. The average Bonchev–Trinajstić information content (AvgIpc) is 2.57. The molecule has 2 fully saturated rings. The first-order valence-corrected chi connectivity index (χ1v) is 5.79. The van der Waals surface area contributed by atoms with Gasteiger partial charge in [-0.3, -0.25) is 5.32 Å². The Hall–Kier alpha value is 0.170. The van der Waals surface area contributed by atoms with E-state index < -0.39 is 0 Å². The van der Waals surface area contributed by atoms with Crippen LogP contribution in [-0.2, 0) is 4.74 Å². The minimum Gasteiger partial charge on any atom is -0.360 e. The molecule has 0 radical (unpaired) electrons. The zero-order valence-electron chi connectivity index (χ0n) is 9.79. The molecule has 0 amide bonds. The highest BCUT2D eigenvalue weighted by molar-refractivity contribution is 5.85. The van der Waals surface area contributed by atoms with E-state index >= 15 is 0 Å². The van der Waals surface area contributed by atoms with Crippen LogP contribution >= 0.6 is 12.4 Å². The van der Waals surface area contributed by atoms with Gasteiger partial charge < -0.3 is 9.64 Å². The van der Waals surface area contributed by atoms with Gasteiger partial charge in [-0.25, -0.2) is 0 Å². The fraction of sp³-hybridized carbons (Fsp3) is 1.00. The van der Waals surface area contributed by atoms with Crippen LogP contribution in [0.4, 0.5) is 0 Å². The van der Waals surface area contributed by atoms with Crippen LogP contribution in [0, 0.1) is 0 Å². The summed E-state index contributed by atoms with van der Waals surface area (Å²) in [5.74, 6) is 0. The molecule has 2 unspecified atom stereocenters. The summed E-state index contributed by atoms with van der Waals surface area (Å²) in [6.45, 7) is 5.31. The lowest BCUT2D eigenvalue weighted by molar-refractivity contribution is -0.0251. The summed E-state index contributed by atoms with van der Waals surface area (Å²) in [5.41, 5.74) is -0.0593. The molecular formula is C11H23ClN2O. The Morgan fingerprint density at radius 2 is 2.27 bits per heavy atom. The van der Waals surface area contributed by atoms with Gasteiger partial charge in [0.05, 0.1) is 6.61 Å². The van der Waals surface area contributed by atoms with Gasteiger partial charge in [-0.15, -0.1) is 12.4 Å². The van der Waals surface area contributed by atoms with Crippen LogP contribution in [0.25, 0.3) is 0 Å². The third kappa shape index (κ3) is 3.31. The molecule has 0 aromatic heterocycles. The van der Waals surface area contributed by atoms with Gasteiger partial charge in [0.25, 0.3) is 0 Å². The highest BCUT2D eigenvalue weighted by Crippen LogP contribution is 2.25. The van der Waals surface area contributed by atoms with E-state index in [1.165, 1.54) is 25.8 Å². The van der Waals surface area contributed by atoms with Crippen molar-refractivity contribution in [3.8, 4) is 0 Å². The highest BCUT2D eigenvalue weighted by atomic mass is 35.5. The Bertz CT molecular complexity index is 195. The number of hydrogen-bond donors (Lipinski definition) is 1. The van der Waals surface area contributed by atoms with E-state index in [-0.39, 0.29) is 18.1 Å². The monoisotopic (exact) mass is 234 g/mol. The van der Waals surface area contributed by atoms with Gasteiger partial charge in [-0.1, -0.05) is 6.42 Å². The minimum atomic E-state index is -0.0593. The quantitative estimate of drug-likeness (QED) is 0.786. The van der Waals surface area contributed by atoms with Crippen molar-refractivity contribution in [1.82, 2.24) is 10.2 Å². The molecule has 0 aliphatic carbocycles. The molecule has 3 nitrogen and oxygen atoms in total. The lowest BCUT2D eigenvalue weighted by Crippen LogP contribution is -2.47. The van der Waals surface area contributed by atoms with Crippen molar-refractivity contribution in [2.45, 2.75) is 44.4 Å². The van der Waals surface area contributed by atoms with Crippen LogP contribution in [0.1, 0.15) is 32.6 Å². The number of piperidine rings is 1. The Morgan fingerprint density at radius 3 is 2.87 bits per heavy atom. The maximum atomic E-state index is 5.75. The normalized spacial score (nSPS) is 37.6. The predicted octanol–water partition coefficient (Wildman–Crippen LogP) is 1.62. The first-order valence-electron chi connectivity index (χ1n) is 5.79. The standard InChI is InChI=1S/C11H22N2O.ClH/c1-11(12-6-8-14-11)9-10-5-3-4-7-13(10)2;/h10,12H,3-9H2,1-2H3;1H. The van der Waals surface area contributed by atoms with E-state index in [0.717, 1.165) is 19.6 Å². The van der Waals surface area contributed by atoms with Gasteiger partial charge >= 0.3 is 0 Å². The molecule has 2 rings (SSSR count). The van der Waals surface area contributed by atoms with Crippen LogP contribution in [0.5, 0.6) is 0 Å². The largest absolute Gasteiger partial charge is 0.360 e. The fourth-order valence-electron chi connectivity index (χ4n) is 2.63. The summed E-state index contributed by atoms with van der Waals surface area (Å²) in [5, 5.41) is 3.45. The maximum Gasteiger partial charge on any atom is 0.118 e. The molecule has 15 heavy (non-hydrogen) atoms. The number of hydrogen-bond acceptors (Lipinski definition) is 3. The molecule has 2 saturated heterocycles.